The average molecular weight is 645 g/mol. The summed E-state index contributed by atoms with van der Waals surface area (Å²) in [6, 6.07) is 19.6. The minimum Gasteiger partial charge on any atom is -0.494 e. The summed E-state index contributed by atoms with van der Waals surface area (Å²) in [5.74, 6) is -0.227. The molecule has 220 valence electrons. The molecule has 0 spiro atoms. The molecule has 1 N–H and O–H groups in total. The van der Waals surface area contributed by atoms with E-state index in [-0.39, 0.29) is 23.4 Å². The fraction of sp³-hybridized carbons (Fsp3) is 0.355. The van der Waals surface area contributed by atoms with E-state index in [9.17, 15) is 18.0 Å². The van der Waals surface area contributed by atoms with Gasteiger partial charge in [0.25, 0.3) is 10.0 Å². The maximum absolute atomic E-state index is 14.0. The summed E-state index contributed by atoms with van der Waals surface area (Å²) in [5, 5.41) is 2.94. The third-order valence-corrected chi connectivity index (χ3v) is 9.07. The van der Waals surface area contributed by atoms with Gasteiger partial charge in [0.05, 0.1) is 17.2 Å². The van der Waals surface area contributed by atoms with Crippen LogP contribution in [0.4, 0.5) is 5.69 Å². The van der Waals surface area contributed by atoms with Gasteiger partial charge in [0.15, 0.2) is 0 Å². The van der Waals surface area contributed by atoms with Crippen LogP contribution in [0.5, 0.6) is 5.75 Å². The first-order valence-corrected chi connectivity index (χ1v) is 15.9. The van der Waals surface area contributed by atoms with Gasteiger partial charge >= 0.3 is 0 Å². The third-order valence-electron chi connectivity index (χ3n) is 6.76. The molecular weight excluding hydrogens is 606 g/mol. The van der Waals surface area contributed by atoms with Gasteiger partial charge in [0.1, 0.15) is 18.3 Å². The Morgan fingerprint density at radius 1 is 0.927 bits per heavy atom. The summed E-state index contributed by atoms with van der Waals surface area (Å²) in [4.78, 5) is 28.6. The predicted molar refractivity (Wildman–Crippen MR) is 165 cm³/mol. The number of carbonyl (C=O) groups is 2. The minimum atomic E-state index is -4.15. The maximum Gasteiger partial charge on any atom is 0.264 e. The van der Waals surface area contributed by atoms with Gasteiger partial charge in [0, 0.05) is 17.1 Å². The Morgan fingerprint density at radius 3 is 2.10 bits per heavy atom. The van der Waals surface area contributed by atoms with E-state index in [4.69, 9.17) is 4.74 Å². The van der Waals surface area contributed by atoms with Crippen LogP contribution in [0.2, 0.25) is 0 Å². The van der Waals surface area contributed by atoms with Crippen LogP contribution in [0, 0.1) is 6.92 Å². The number of rotatable bonds is 13. The van der Waals surface area contributed by atoms with Gasteiger partial charge in [-0.1, -0.05) is 52.7 Å². The van der Waals surface area contributed by atoms with Crippen molar-refractivity contribution in [1.82, 2.24) is 10.2 Å². The fourth-order valence-corrected chi connectivity index (χ4v) is 5.75. The van der Waals surface area contributed by atoms with Crippen LogP contribution in [0.25, 0.3) is 0 Å². The largest absolute Gasteiger partial charge is 0.494 e. The molecule has 3 aromatic carbocycles. The molecule has 0 aromatic heterocycles. The zero-order valence-corrected chi connectivity index (χ0v) is 26.5. The summed E-state index contributed by atoms with van der Waals surface area (Å²) < 4.78 is 35.2. The van der Waals surface area contributed by atoms with Crippen LogP contribution in [0.15, 0.2) is 82.2 Å². The molecule has 0 fully saturated rings. The lowest BCUT2D eigenvalue weighted by atomic mass is 10.1. The average Bonchev–Trinajstić information content (AvgIpc) is 2.95. The zero-order chi connectivity index (χ0) is 30.2. The van der Waals surface area contributed by atoms with E-state index in [0.29, 0.717) is 18.0 Å². The van der Waals surface area contributed by atoms with Crippen LogP contribution in [0.1, 0.15) is 45.2 Å². The standard InChI is InChI=1S/C31H38BrN3O5S/c1-6-23(4)33-31(37)24(5)34(20-25-10-8-22(3)9-11-25)30(36)21-35(27-14-16-28(17-15-27)40-7-2)41(38,39)29-18-12-26(32)13-19-29/h8-19,23-24H,6-7,20-21H2,1-5H3,(H,33,37)/t23-,24+/m1/s1. The van der Waals surface area contributed by atoms with E-state index in [1.165, 1.54) is 17.0 Å². The number of sulfonamides is 1. The number of aryl methyl sites for hydroxylation is 1. The van der Waals surface area contributed by atoms with Crippen LogP contribution >= 0.6 is 15.9 Å². The molecule has 10 heteroatoms. The van der Waals surface area contributed by atoms with Crippen molar-refractivity contribution in [1.29, 1.82) is 0 Å². The van der Waals surface area contributed by atoms with Gasteiger partial charge in [-0.3, -0.25) is 13.9 Å². The summed E-state index contributed by atoms with van der Waals surface area (Å²) in [6.07, 6.45) is 0.737. The molecule has 0 radical (unpaired) electrons. The molecule has 0 heterocycles. The predicted octanol–water partition coefficient (Wildman–Crippen LogP) is 5.68. The molecular formula is C31H38BrN3O5S. The monoisotopic (exact) mass is 643 g/mol. The van der Waals surface area contributed by atoms with Crippen molar-refractivity contribution in [2.24, 2.45) is 0 Å². The zero-order valence-electron chi connectivity index (χ0n) is 24.1. The van der Waals surface area contributed by atoms with Crippen molar-refractivity contribution in [2.45, 2.75) is 64.6 Å². The number of hydrogen-bond acceptors (Lipinski definition) is 5. The molecule has 0 aliphatic rings. The number of ether oxygens (including phenoxy) is 1. The molecule has 41 heavy (non-hydrogen) atoms. The Balaban J connectivity index is 2.02. The molecule has 0 unspecified atom stereocenters. The quantitative estimate of drug-likeness (QED) is 0.258. The first-order valence-electron chi connectivity index (χ1n) is 13.6. The fourth-order valence-electron chi connectivity index (χ4n) is 4.08. The van der Waals surface area contributed by atoms with Crippen molar-refractivity contribution in [2.75, 3.05) is 17.5 Å². The van der Waals surface area contributed by atoms with E-state index in [2.05, 4.69) is 21.2 Å². The lowest BCUT2D eigenvalue weighted by Crippen LogP contribution is -2.52. The number of anilines is 1. The molecule has 3 rings (SSSR count). The molecule has 0 aliphatic heterocycles. The van der Waals surface area contributed by atoms with Crippen molar-refractivity contribution in [3.63, 3.8) is 0 Å². The second-order valence-corrected chi connectivity index (χ2v) is 12.7. The van der Waals surface area contributed by atoms with Gasteiger partial charge in [-0.15, -0.1) is 0 Å². The molecule has 2 amide bonds. The van der Waals surface area contributed by atoms with Crippen LogP contribution in [-0.4, -0.2) is 50.4 Å². The lowest BCUT2D eigenvalue weighted by Gasteiger charge is -2.32. The normalized spacial score (nSPS) is 12.7. The number of amides is 2. The van der Waals surface area contributed by atoms with Crippen molar-refractivity contribution in [3.05, 3.63) is 88.4 Å². The highest BCUT2D eigenvalue weighted by Gasteiger charge is 2.32. The molecule has 0 bridgehead atoms. The van der Waals surface area contributed by atoms with E-state index >= 15 is 0 Å². The van der Waals surface area contributed by atoms with Gasteiger partial charge in [-0.25, -0.2) is 8.42 Å². The van der Waals surface area contributed by atoms with Crippen LogP contribution < -0.4 is 14.4 Å². The van der Waals surface area contributed by atoms with E-state index in [1.54, 1.807) is 43.3 Å². The summed E-state index contributed by atoms with van der Waals surface area (Å²) >= 11 is 3.34. The highest BCUT2D eigenvalue weighted by Crippen LogP contribution is 2.27. The Labute approximate surface area is 251 Å². The molecule has 3 aromatic rings. The number of hydrogen-bond donors (Lipinski definition) is 1. The number of benzene rings is 3. The second-order valence-electron chi connectivity index (χ2n) is 9.89. The van der Waals surface area contributed by atoms with Gasteiger partial charge in [-0.05, 0) is 88.2 Å². The van der Waals surface area contributed by atoms with Crippen molar-refractivity contribution in [3.8, 4) is 5.75 Å². The number of carbonyl (C=O) groups excluding carboxylic acids is 2. The Kier molecular flexibility index (Phi) is 11.4. The van der Waals surface area contributed by atoms with Crippen LogP contribution in [-0.2, 0) is 26.2 Å². The van der Waals surface area contributed by atoms with Gasteiger partial charge in [-0.2, -0.15) is 0 Å². The highest BCUT2D eigenvalue weighted by atomic mass is 79.9. The minimum absolute atomic E-state index is 0.0371. The topological polar surface area (TPSA) is 96.0 Å². The Hall–Kier alpha value is -3.37. The summed E-state index contributed by atoms with van der Waals surface area (Å²) in [5.41, 5.74) is 2.20. The lowest BCUT2D eigenvalue weighted by molar-refractivity contribution is -0.139. The Morgan fingerprint density at radius 2 is 1.54 bits per heavy atom. The summed E-state index contributed by atoms with van der Waals surface area (Å²) in [7, 11) is -4.15. The molecule has 0 saturated heterocycles. The maximum atomic E-state index is 14.0. The first kappa shape index (κ1) is 32.1. The van der Waals surface area contributed by atoms with E-state index < -0.39 is 28.5 Å². The Bertz CT molecular complexity index is 1410. The molecule has 8 nitrogen and oxygen atoms in total. The van der Waals surface area contributed by atoms with E-state index in [1.807, 2.05) is 52.0 Å². The smallest absolute Gasteiger partial charge is 0.264 e. The van der Waals surface area contributed by atoms with Crippen LogP contribution in [0.3, 0.4) is 0 Å². The molecule has 0 aliphatic carbocycles. The highest BCUT2D eigenvalue weighted by molar-refractivity contribution is 9.10. The van der Waals surface area contributed by atoms with Gasteiger partial charge in [0.2, 0.25) is 11.8 Å². The van der Waals surface area contributed by atoms with Crippen molar-refractivity contribution >= 4 is 43.5 Å². The second kappa shape index (κ2) is 14.5. The van der Waals surface area contributed by atoms with E-state index in [0.717, 1.165) is 26.3 Å². The van der Waals surface area contributed by atoms with Gasteiger partial charge < -0.3 is 15.0 Å². The number of nitrogens with zero attached hydrogens (tertiary/aromatic N) is 2. The molecule has 0 saturated carbocycles. The SMILES string of the molecule is CCOc1ccc(N(CC(=O)N(Cc2ccc(C)cc2)[C@@H](C)C(=O)N[C@H](C)CC)S(=O)(=O)c2ccc(Br)cc2)cc1. The third kappa shape index (κ3) is 8.56. The molecule has 2 atom stereocenters. The summed E-state index contributed by atoms with van der Waals surface area (Å²) in [6.45, 7) is 9.46. The first-order chi connectivity index (χ1) is 19.5. The number of nitrogens with one attached hydrogen (secondary N) is 1. The van der Waals surface area contributed by atoms with Crippen molar-refractivity contribution < 1.29 is 22.7 Å². The number of halogens is 1.